The number of fused-ring (bicyclic) bond motifs is 2. The fraction of sp³-hybridized carbons (Fsp3) is 0.446. The van der Waals surface area contributed by atoms with Gasteiger partial charge in [0, 0.05) is 88.6 Å². The standard InChI is InChI=1S/C74H85F7N8O9/c1-85(35-13-43-95-69(93)83-60-27-21-52(22-28-60)48-82-34-12-4-7-20-66(90)86(2)41-42-87-36-29-61(30-37-87)98-70(94)84-64-19-11-9-17-62(64)53-14-5-3-6-15-53)67(91)49-96-65-46-54-16-8-10-18-63(54)71(65)31-38-88(39-32-71)40-33-72(56-23-25-59(75)26-24-56)50-89(51-97-72)68(92)55-44-57(73(76,77)78)47-58(45-55)74(79,80)81/h3,5-6,8-11,14-19,21-28,44-45,47,61,65,82H,4,7,12-13,20,29-43,46,48-51H2,1-2H3,(H,83,93)(H,84,94)/t65-,72-/m0/s1. The monoisotopic (exact) mass is 1360 g/mol. The Morgan fingerprint density at radius 3 is 2.05 bits per heavy atom. The molecular weight excluding hydrogens is 1280 g/mol. The molecule has 10 rings (SSSR count). The molecule has 0 radical (unpaired) electrons. The van der Waals surface area contributed by atoms with Crippen molar-refractivity contribution in [2.45, 2.75) is 113 Å². The van der Waals surface area contributed by atoms with Gasteiger partial charge in [-0.2, -0.15) is 26.3 Å². The summed E-state index contributed by atoms with van der Waals surface area (Å²) in [7, 11) is 3.52. The van der Waals surface area contributed by atoms with Crippen LogP contribution in [0.2, 0.25) is 0 Å². The number of likely N-dealkylation sites (tertiary alicyclic amines) is 2. The predicted molar refractivity (Wildman–Crippen MR) is 356 cm³/mol. The highest BCUT2D eigenvalue weighted by Crippen LogP contribution is 2.48. The molecule has 524 valence electrons. The molecule has 3 saturated heterocycles. The van der Waals surface area contributed by atoms with Crippen molar-refractivity contribution in [1.82, 2.24) is 29.8 Å². The lowest BCUT2D eigenvalue weighted by molar-refractivity contribution is -0.143. The molecule has 0 bridgehead atoms. The van der Waals surface area contributed by atoms with Crippen LogP contribution in [-0.4, -0.2) is 166 Å². The SMILES string of the molecule is CN(CCN1CCC(OC(=O)Nc2ccccc2-c2ccccc2)CC1)C(=O)CCCCCNCc1ccc(NC(=O)OCCCN(C)C(=O)CO[C@H]2Cc3ccccc3C23CCN(CC[C@@]2(c4ccc(F)cc4)CN(C(=O)c4cc(C(F)(F)F)cc(C(F)(F)F)c4)CO2)CC3)cc1. The summed E-state index contributed by atoms with van der Waals surface area (Å²) in [6.07, 6.45) is -4.70. The molecule has 0 aromatic heterocycles. The number of unbranched alkanes of at least 4 members (excludes halogenated alkanes) is 2. The number of nitrogens with one attached hydrogen (secondary N) is 3. The van der Waals surface area contributed by atoms with Gasteiger partial charge < -0.3 is 48.8 Å². The van der Waals surface area contributed by atoms with Crippen LogP contribution in [0.15, 0.2) is 146 Å². The third kappa shape index (κ3) is 19.1. The Bertz CT molecular complexity index is 3630. The number of likely N-dealkylation sites (N-methyl/N-ethyl adjacent to an activating group) is 2. The summed E-state index contributed by atoms with van der Waals surface area (Å²) in [6.45, 7) is 5.58. The highest BCUT2D eigenvalue weighted by molar-refractivity contribution is 5.95. The van der Waals surface area contributed by atoms with Crippen molar-refractivity contribution in [3.05, 3.63) is 190 Å². The van der Waals surface area contributed by atoms with Gasteiger partial charge in [0.2, 0.25) is 11.8 Å². The molecule has 0 saturated carbocycles. The third-order valence-corrected chi connectivity index (χ3v) is 19.3. The Morgan fingerprint density at radius 1 is 0.673 bits per heavy atom. The number of carbonyl (C=O) groups is 5. The molecule has 3 fully saturated rings. The molecule has 0 unspecified atom stereocenters. The molecule has 1 spiro atoms. The third-order valence-electron chi connectivity index (χ3n) is 19.3. The average Bonchev–Trinajstić information content (AvgIpc) is 1.58. The summed E-state index contributed by atoms with van der Waals surface area (Å²) in [6, 6.07) is 39.3. The zero-order chi connectivity index (χ0) is 69.5. The molecule has 4 aliphatic rings. The van der Waals surface area contributed by atoms with Gasteiger partial charge in [-0.25, -0.2) is 14.0 Å². The summed E-state index contributed by atoms with van der Waals surface area (Å²) >= 11 is 0. The van der Waals surface area contributed by atoms with Gasteiger partial charge >= 0.3 is 24.5 Å². The summed E-state index contributed by atoms with van der Waals surface area (Å²) in [5.74, 6) is -1.72. The smallest absolute Gasteiger partial charge is 0.416 e. The molecule has 3 aliphatic heterocycles. The number of alkyl halides is 6. The number of carbonyl (C=O) groups excluding carboxylic acids is 5. The van der Waals surface area contributed by atoms with Gasteiger partial charge in [-0.3, -0.25) is 25.0 Å². The summed E-state index contributed by atoms with van der Waals surface area (Å²) in [5.41, 5.74) is 1.33. The molecule has 17 nitrogen and oxygen atoms in total. The number of hydrogen-bond donors (Lipinski definition) is 3. The number of nitrogens with zero attached hydrogens (tertiary/aromatic N) is 5. The Kier molecular flexibility index (Phi) is 24.3. The van der Waals surface area contributed by atoms with Crippen LogP contribution in [0, 0.1) is 5.82 Å². The fourth-order valence-electron chi connectivity index (χ4n) is 13.6. The number of ether oxygens (including phenoxy) is 4. The van der Waals surface area contributed by atoms with Crippen molar-refractivity contribution < 1.29 is 73.7 Å². The van der Waals surface area contributed by atoms with Crippen molar-refractivity contribution in [3.8, 4) is 11.1 Å². The molecule has 6 aromatic carbocycles. The predicted octanol–water partition coefficient (Wildman–Crippen LogP) is 13.1. The van der Waals surface area contributed by atoms with Crippen molar-refractivity contribution in [2.75, 3.05) is 110 Å². The minimum absolute atomic E-state index is 0.0315. The number of piperidine rings is 2. The quantitative estimate of drug-likeness (QED) is 0.0329. The molecular formula is C74H85F7N8O9. The topological polar surface area (TPSA) is 175 Å². The van der Waals surface area contributed by atoms with Crippen molar-refractivity contribution >= 4 is 41.3 Å². The Hall–Kier alpha value is -8.42. The lowest BCUT2D eigenvalue weighted by atomic mass is 9.72. The maximum Gasteiger partial charge on any atom is 0.416 e. The van der Waals surface area contributed by atoms with Crippen molar-refractivity contribution in [3.63, 3.8) is 0 Å². The van der Waals surface area contributed by atoms with E-state index in [9.17, 15) is 54.7 Å². The van der Waals surface area contributed by atoms with E-state index < -0.39 is 70.7 Å². The van der Waals surface area contributed by atoms with Crippen LogP contribution in [-0.2, 0) is 64.9 Å². The van der Waals surface area contributed by atoms with Gasteiger partial charge in [0.25, 0.3) is 5.91 Å². The number of para-hydroxylation sites is 1. The van der Waals surface area contributed by atoms with E-state index in [4.69, 9.17) is 18.9 Å². The van der Waals surface area contributed by atoms with E-state index in [1.165, 1.54) is 24.3 Å². The van der Waals surface area contributed by atoms with E-state index >= 15 is 0 Å². The van der Waals surface area contributed by atoms with Crippen LogP contribution in [0.25, 0.3) is 11.1 Å². The number of rotatable bonds is 27. The van der Waals surface area contributed by atoms with Crippen LogP contribution in [0.5, 0.6) is 0 Å². The molecule has 5 amide bonds. The van der Waals surface area contributed by atoms with Crippen molar-refractivity contribution in [2.24, 2.45) is 0 Å². The lowest BCUT2D eigenvalue weighted by Crippen LogP contribution is -2.50. The highest BCUT2D eigenvalue weighted by Gasteiger charge is 2.50. The molecule has 1 aliphatic carbocycles. The molecule has 2 atom stereocenters. The summed E-state index contributed by atoms with van der Waals surface area (Å²) in [4.78, 5) is 74.7. The molecule has 3 heterocycles. The number of anilines is 2. The molecule has 98 heavy (non-hydrogen) atoms. The fourth-order valence-corrected chi connectivity index (χ4v) is 13.6. The normalized spacial score (nSPS) is 18.1. The first-order valence-electron chi connectivity index (χ1n) is 33.5. The number of benzene rings is 6. The second-order valence-corrected chi connectivity index (χ2v) is 25.9. The van der Waals surface area contributed by atoms with Crippen LogP contribution < -0.4 is 16.0 Å². The minimum atomic E-state index is -5.15. The second-order valence-electron chi connectivity index (χ2n) is 25.9. The zero-order valence-electron chi connectivity index (χ0n) is 55.2. The van der Waals surface area contributed by atoms with Crippen LogP contribution in [0.4, 0.5) is 51.7 Å². The number of halogens is 7. The number of hydrogen-bond acceptors (Lipinski definition) is 12. The zero-order valence-corrected chi connectivity index (χ0v) is 55.2. The summed E-state index contributed by atoms with van der Waals surface area (Å²) in [5, 5.41) is 9.13. The summed E-state index contributed by atoms with van der Waals surface area (Å²) < 4.78 is 121. The maximum absolute atomic E-state index is 14.2. The van der Waals surface area contributed by atoms with E-state index in [0.717, 1.165) is 91.0 Å². The van der Waals surface area contributed by atoms with Crippen LogP contribution in [0.1, 0.15) is 108 Å². The molecule has 3 N–H and O–H groups in total. The van der Waals surface area contributed by atoms with Gasteiger partial charge in [0.1, 0.15) is 30.9 Å². The number of amides is 5. The van der Waals surface area contributed by atoms with Gasteiger partial charge in [-0.15, -0.1) is 0 Å². The van der Waals surface area contributed by atoms with E-state index in [-0.39, 0.29) is 56.3 Å². The highest BCUT2D eigenvalue weighted by atomic mass is 19.4. The van der Waals surface area contributed by atoms with Gasteiger partial charge in [-0.1, -0.05) is 103 Å². The van der Waals surface area contributed by atoms with Gasteiger partial charge in [-0.05, 0) is 154 Å². The van der Waals surface area contributed by atoms with Gasteiger partial charge in [0.05, 0.1) is 36.1 Å². The first-order chi connectivity index (χ1) is 47.0. The van der Waals surface area contributed by atoms with E-state index in [1.54, 1.807) is 29.0 Å². The second kappa shape index (κ2) is 33.0. The first-order valence-corrected chi connectivity index (χ1v) is 33.5. The Balaban J connectivity index is 0.580. The van der Waals surface area contributed by atoms with E-state index in [1.807, 2.05) is 85.9 Å². The van der Waals surface area contributed by atoms with Gasteiger partial charge in [0.15, 0.2) is 0 Å². The first kappa shape index (κ1) is 72.3. The van der Waals surface area contributed by atoms with E-state index in [2.05, 4.69) is 37.9 Å². The van der Waals surface area contributed by atoms with Crippen molar-refractivity contribution in [1.29, 1.82) is 0 Å². The van der Waals surface area contributed by atoms with Crippen LogP contribution >= 0.6 is 0 Å². The maximum atomic E-state index is 14.2. The Labute approximate surface area is 566 Å². The Morgan fingerprint density at radius 2 is 1.34 bits per heavy atom. The molecule has 6 aromatic rings. The van der Waals surface area contributed by atoms with E-state index in [0.29, 0.717) is 100 Å². The minimum Gasteiger partial charge on any atom is -0.449 e. The largest absolute Gasteiger partial charge is 0.449 e. The average molecular weight is 1360 g/mol. The molecule has 24 heteroatoms. The van der Waals surface area contributed by atoms with Crippen LogP contribution in [0.3, 0.4) is 0 Å². The lowest BCUT2D eigenvalue weighted by Gasteiger charge is -2.44.